The Morgan fingerprint density at radius 2 is 2.04 bits per heavy atom. The zero-order chi connectivity index (χ0) is 19.3. The van der Waals surface area contributed by atoms with Gasteiger partial charge in [0.25, 0.3) is 10.0 Å². The lowest BCUT2D eigenvalue weighted by molar-refractivity contribution is 0.347. The van der Waals surface area contributed by atoms with Gasteiger partial charge in [-0.3, -0.25) is 4.99 Å². The molecule has 2 saturated heterocycles. The molecule has 152 valence electrons. The van der Waals surface area contributed by atoms with Crippen LogP contribution >= 0.6 is 23.1 Å². The third-order valence-corrected chi connectivity index (χ3v) is 9.90. The van der Waals surface area contributed by atoms with E-state index in [-0.39, 0.29) is 0 Å². The standard InChI is InChI=1S/C18H30N4O2S3/c1-3-15-14-21(11-12-25-15)18(19-2)20-13-16-7-8-17(26-16)27(23,24)22-9-5-4-6-10-22/h7-8,15H,3-6,9-14H2,1-2H3,(H,19,20). The molecule has 0 aliphatic carbocycles. The molecule has 2 aliphatic rings. The Hall–Kier alpha value is -0.770. The zero-order valence-electron chi connectivity index (χ0n) is 16.2. The van der Waals surface area contributed by atoms with Crippen molar-refractivity contribution in [3.8, 4) is 0 Å². The molecule has 0 radical (unpaired) electrons. The van der Waals surface area contributed by atoms with E-state index < -0.39 is 10.0 Å². The number of sulfonamides is 1. The van der Waals surface area contributed by atoms with Gasteiger partial charge in [0.1, 0.15) is 4.21 Å². The molecule has 2 aliphatic heterocycles. The minimum atomic E-state index is -3.34. The van der Waals surface area contributed by atoms with E-state index in [0.717, 1.165) is 48.9 Å². The second-order valence-corrected chi connectivity index (χ2v) is 11.7. The number of hydrogen-bond acceptors (Lipinski definition) is 5. The van der Waals surface area contributed by atoms with Gasteiger partial charge in [0, 0.05) is 49.1 Å². The number of thioether (sulfide) groups is 1. The van der Waals surface area contributed by atoms with E-state index in [1.165, 1.54) is 17.8 Å². The molecule has 1 atom stereocenters. The van der Waals surface area contributed by atoms with Gasteiger partial charge in [-0.2, -0.15) is 16.1 Å². The Morgan fingerprint density at radius 3 is 2.74 bits per heavy atom. The summed E-state index contributed by atoms with van der Waals surface area (Å²) in [6.07, 6.45) is 4.21. The molecule has 0 amide bonds. The first kappa shape index (κ1) is 21.0. The molecule has 27 heavy (non-hydrogen) atoms. The fourth-order valence-corrected chi connectivity index (χ4v) is 7.63. The van der Waals surface area contributed by atoms with Crippen molar-refractivity contribution in [1.82, 2.24) is 14.5 Å². The van der Waals surface area contributed by atoms with Crippen molar-refractivity contribution in [1.29, 1.82) is 0 Å². The van der Waals surface area contributed by atoms with Crippen LogP contribution in [0, 0.1) is 0 Å². The average Bonchev–Trinajstić information content (AvgIpc) is 3.19. The van der Waals surface area contributed by atoms with Gasteiger partial charge in [-0.15, -0.1) is 11.3 Å². The van der Waals surface area contributed by atoms with Crippen molar-refractivity contribution in [2.75, 3.05) is 39.0 Å². The highest BCUT2D eigenvalue weighted by atomic mass is 32.2. The number of guanidine groups is 1. The SMILES string of the molecule is CCC1CN(C(=NC)NCc2ccc(S(=O)(=O)N3CCCCC3)s2)CCS1. The largest absolute Gasteiger partial charge is 0.351 e. The lowest BCUT2D eigenvalue weighted by Crippen LogP contribution is -2.47. The van der Waals surface area contributed by atoms with Crippen LogP contribution in [0.25, 0.3) is 0 Å². The molecule has 1 aromatic heterocycles. The predicted octanol–water partition coefficient (Wildman–Crippen LogP) is 2.83. The van der Waals surface area contributed by atoms with E-state index in [9.17, 15) is 8.42 Å². The van der Waals surface area contributed by atoms with E-state index >= 15 is 0 Å². The lowest BCUT2D eigenvalue weighted by atomic mass is 10.2. The van der Waals surface area contributed by atoms with Crippen molar-refractivity contribution in [2.45, 2.75) is 48.6 Å². The summed E-state index contributed by atoms with van der Waals surface area (Å²) >= 11 is 3.40. The highest BCUT2D eigenvalue weighted by molar-refractivity contribution is 8.00. The Bertz CT molecular complexity index is 742. The summed E-state index contributed by atoms with van der Waals surface area (Å²) < 4.78 is 27.7. The van der Waals surface area contributed by atoms with Crippen LogP contribution < -0.4 is 5.32 Å². The van der Waals surface area contributed by atoms with Gasteiger partial charge in [-0.05, 0) is 31.4 Å². The van der Waals surface area contributed by atoms with Gasteiger partial charge in [-0.1, -0.05) is 13.3 Å². The number of thiophene rings is 1. The first-order chi connectivity index (χ1) is 13.0. The molecule has 6 nitrogen and oxygen atoms in total. The second-order valence-electron chi connectivity index (χ2n) is 6.93. The summed E-state index contributed by atoms with van der Waals surface area (Å²) in [5.74, 6) is 2.03. The maximum Gasteiger partial charge on any atom is 0.252 e. The molecule has 0 saturated carbocycles. The Labute approximate surface area is 171 Å². The number of nitrogens with zero attached hydrogens (tertiary/aromatic N) is 3. The summed E-state index contributed by atoms with van der Waals surface area (Å²) in [6.45, 7) is 6.14. The lowest BCUT2D eigenvalue weighted by Gasteiger charge is -2.34. The van der Waals surface area contributed by atoms with Crippen LogP contribution in [0.15, 0.2) is 21.3 Å². The molecular weight excluding hydrogens is 400 g/mol. The molecule has 1 unspecified atom stereocenters. The fourth-order valence-electron chi connectivity index (χ4n) is 3.48. The third-order valence-electron chi connectivity index (χ3n) is 5.07. The van der Waals surface area contributed by atoms with Gasteiger partial charge < -0.3 is 10.2 Å². The minimum absolute atomic E-state index is 0.455. The van der Waals surface area contributed by atoms with E-state index in [1.54, 1.807) is 10.4 Å². The average molecular weight is 431 g/mol. The Balaban J connectivity index is 1.60. The molecule has 0 spiro atoms. The van der Waals surface area contributed by atoms with Gasteiger partial charge >= 0.3 is 0 Å². The topological polar surface area (TPSA) is 65.0 Å². The molecule has 0 aromatic carbocycles. The summed E-state index contributed by atoms with van der Waals surface area (Å²) in [5, 5.41) is 4.07. The highest BCUT2D eigenvalue weighted by Gasteiger charge is 2.27. The fraction of sp³-hybridized carbons (Fsp3) is 0.722. The number of aliphatic imine (C=N–C) groups is 1. The Kier molecular flexibility index (Phi) is 7.47. The molecule has 9 heteroatoms. The quantitative estimate of drug-likeness (QED) is 0.575. The third kappa shape index (κ3) is 5.19. The summed E-state index contributed by atoms with van der Waals surface area (Å²) in [6, 6.07) is 3.67. The number of nitrogens with one attached hydrogen (secondary N) is 1. The van der Waals surface area contributed by atoms with Crippen molar-refractivity contribution in [2.24, 2.45) is 4.99 Å². The van der Waals surface area contributed by atoms with E-state index in [1.807, 2.05) is 24.9 Å². The van der Waals surface area contributed by atoms with Crippen LogP contribution in [0.2, 0.25) is 0 Å². The van der Waals surface area contributed by atoms with Crippen LogP contribution in [0.1, 0.15) is 37.5 Å². The first-order valence-electron chi connectivity index (χ1n) is 9.70. The molecule has 3 heterocycles. The Morgan fingerprint density at radius 1 is 1.26 bits per heavy atom. The van der Waals surface area contributed by atoms with Gasteiger partial charge in [0.2, 0.25) is 0 Å². The van der Waals surface area contributed by atoms with Crippen molar-refractivity contribution in [3.05, 3.63) is 17.0 Å². The first-order valence-corrected chi connectivity index (χ1v) is 13.0. The van der Waals surface area contributed by atoms with Gasteiger partial charge in [0.05, 0.1) is 6.54 Å². The normalized spacial score (nSPS) is 22.8. The molecule has 1 aromatic rings. The summed E-state index contributed by atoms with van der Waals surface area (Å²) in [4.78, 5) is 7.75. The summed E-state index contributed by atoms with van der Waals surface area (Å²) in [7, 11) is -1.52. The van der Waals surface area contributed by atoms with Crippen LogP contribution in [-0.4, -0.2) is 67.8 Å². The van der Waals surface area contributed by atoms with Crippen molar-refractivity contribution >= 4 is 39.1 Å². The van der Waals surface area contributed by atoms with E-state index in [2.05, 4.69) is 22.1 Å². The van der Waals surface area contributed by atoms with Gasteiger partial charge in [0.15, 0.2) is 5.96 Å². The van der Waals surface area contributed by atoms with Crippen LogP contribution in [-0.2, 0) is 16.6 Å². The van der Waals surface area contributed by atoms with Gasteiger partial charge in [-0.25, -0.2) is 8.42 Å². The molecule has 3 rings (SSSR count). The van der Waals surface area contributed by atoms with Crippen LogP contribution in [0.3, 0.4) is 0 Å². The smallest absolute Gasteiger partial charge is 0.252 e. The molecule has 1 N–H and O–H groups in total. The second kappa shape index (κ2) is 9.62. The monoisotopic (exact) mass is 430 g/mol. The molecule has 2 fully saturated rings. The number of rotatable bonds is 5. The molecular formula is C18H30N4O2S3. The van der Waals surface area contributed by atoms with E-state index in [0.29, 0.717) is 29.1 Å². The zero-order valence-corrected chi connectivity index (χ0v) is 18.6. The summed E-state index contributed by atoms with van der Waals surface area (Å²) in [5.41, 5.74) is 0. The van der Waals surface area contributed by atoms with Crippen molar-refractivity contribution < 1.29 is 8.42 Å². The number of hydrogen-bond donors (Lipinski definition) is 1. The highest BCUT2D eigenvalue weighted by Crippen LogP contribution is 2.27. The van der Waals surface area contributed by atoms with Crippen molar-refractivity contribution in [3.63, 3.8) is 0 Å². The van der Waals surface area contributed by atoms with Crippen LogP contribution in [0.5, 0.6) is 0 Å². The molecule has 0 bridgehead atoms. The maximum atomic E-state index is 12.8. The van der Waals surface area contributed by atoms with E-state index in [4.69, 9.17) is 0 Å². The van der Waals surface area contributed by atoms with Crippen LogP contribution in [0.4, 0.5) is 0 Å². The number of piperidine rings is 1. The maximum absolute atomic E-state index is 12.8. The predicted molar refractivity (Wildman–Crippen MR) is 115 cm³/mol. The minimum Gasteiger partial charge on any atom is -0.351 e.